The summed E-state index contributed by atoms with van der Waals surface area (Å²) in [6, 6.07) is 14.7. The van der Waals surface area contributed by atoms with Gasteiger partial charge in [0, 0.05) is 14.5 Å². The van der Waals surface area contributed by atoms with Gasteiger partial charge < -0.3 is 14.5 Å². The van der Waals surface area contributed by atoms with Crippen molar-refractivity contribution in [1.29, 1.82) is 0 Å². The van der Waals surface area contributed by atoms with Crippen molar-refractivity contribution in [2.24, 2.45) is 0 Å². The number of benzene rings is 2. The third-order valence-corrected chi connectivity index (χ3v) is 4.45. The number of carbonyl (C=O) groups is 2. The molecular formula is C18H14INO4. The van der Waals surface area contributed by atoms with Crippen LogP contribution in [0.2, 0.25) is 0 Å². The Morgan fingerprint density at radius 2 is 1.83 bits per heavy atom. The lowest BCUT2D eigenvalue weighted by Crippen LogP contribution is -2.21. The molecule has 0 unspecified atom stereocenters. The van der Waals surface area contributed by atoms with Crippen LogP contribution in [0.25, 0.3) is 11.0 Å². The number of hydrogen-bond acceptors (Lipinski definition) is 4. The van der Waals surface area contributed by atoms with E-state index < -0.39 is 11.9 Å². The van der Waals surface area contributed by atoms with Crippen molar-refractivity contribution in [1.82, 2.24) is 0 Å². The fourth-order valence-electron chi connectivity index (χ4n) is 2.31. The van der Waals surface area contributed by atoms with Crippen molar-refractivity contribution >= 4 is 51.1 Å². The van der Waals surface area contributed by atoms with Gasteiger partial charge in [-0.1, -0.05) is 30.3 Å². The standard InChI is InChI=1S/C18H14INO4/c1-11-12-6-2-5-9-15(12)24-17(11)18(22)23-10-16(21)20-14-8-4-3-7-13(14)19/h2-9H,10H2,1H3,(H,20,21). The third-order valence-electron chi connectivity index (χ3n) is 3.51. The highest BCUT2D eigenvalue weighted by molar-refractivity contribution is 14.1. The summed E-state index contributed by atoms with van der Waals surface area (Å²) in [5.41, 5.74) is 2.00. The van der Waals surface area contributed by atoms with Gasteiger partial charge in [0.2, 0.25) is 5.76 Å². The van der Waals surface area contributed by atoms with E-state index in [1.54, 1.807) is 19.1 Å². The molecule has 122 valence electrons. The molecule has 1 heterocycles. The van der Waals surface area contributed by atoms with E-state index in [9.17, 15) is 9.59 Å². The van der Waals surface area contributed by atoms with Crippen LogP contribution in [-0.4, -0.2) is 18.5 Å². The minimum Gasteiger partial charge on any atom is -0.450 e. The second-order valence-electron chi connectivity index (χ2n) is 5.16. The molecule has 0 spiro atoms. The van der Waals surface area contributed by atoms with E-state index >= 15 is 0 Å². The molecule has 0 bridgehead atoms. The van der Waals surface area contributed by atoms with Crippen LogP contribution in [0.5, 0.6) is 0 Å². The van der Waals surface area contributed by atoms with Crippen LogP contribution in [0, 0.1) is 10.5 Å². The van der Waals surface area contributed by atoms with Gasteiger partial charge in [-0.3, -0.25) is 4.79 Å². The molecule has 3 rings (SSSR count). The summed E-state index contributed by atoms with van der Waals surface area (Å²) >= 11 is 2.12. The summed E-state index contributed by atoms with van der Waals surface area (Å²) in [5.74, 6) is -0.930. The summed E-state index contributed by atoms with van der Waals surface area (Å²) in [4.78, 5) is 24.1. The molecule has 0 radical (unpaired) electrons. The number of furan rings is 1. The quantitative estimate of drug-likeness (QED) is 0.494. The summed E-state index contributed by atoms with van der Waals surface area (Å²) in [5, 5.41) is 3.56. The lowest BCUT2D eigenvalue weighted by molar-refractivity contribution is -0.119. The normalized spacial score (nSPS) is 10.6. The summed E-state index contributed by atoms with van der Waals surface area (Å²) < 4.78 is 11.5. The van der Waals surface area contributed by atoms with Crippen LogP contribution >= 0.6 is 22.6 Å². The number of rotatable bonds is 4. The molecule has 5 nitrogen and oxygen atoms in total. The molecule has 0 aliphatic carbocycles. The first-order chi connectivity index (χ1) is 11.6. The Morgan fingerprint density at radius 3 is 2.58 bits per heavy atom. The zero-order valence-electron chi connectivity index (χ0n) is 12.8. The predicted octanol–water partition coefficient (Wildman–Crippen LogP) is 4.14. The number of amides is 1. The van der Waals surface area contributed by atoms with Crippen LogP contribution < -0.4 is 5.32 Å². The smallest absolute Gasteiger partial charge is 0.375 e. The zero-order valence-corrected chi connectivity index (χ0v) is 15.0. The Bertz CT molecular complexity index is 916. The van der Waals surface area contributed by atoms with Gasteiger partial charge in [0.05, 0.1) is 5.69 Å². The minimum absolute atomic E-state index is 0.123. The van der Waals surface area contributed by atoms with Gasteiger partial charge in [-0.25, -0.2) is 4.79 Å². The van der Waals surface area contributed by atoms with Gasteiger partial charge in [-0.15, -0.1) is 0 Å². The molecule has 1 amide bonds. The number of esters is 1. The maximum Gasteiger partial charge on any atom is 0.375 e. The van der Waals surface area contributed by atoms with Crippen molar-refractivity contribution in [2.45, 2.75) is 6.92 Å². The van der Waals surface area contributed by atoms with Crippen LogP contribution in [0.4, 0.5) is 5.69 Å². The highest BCUT2D eigenvalue weighted by Gasteiger charge is 2.19. The Hall–Kier alpha value is -2.35. The molecule has 0 aliphatic rings. The highest BCUT2D eigenvalue weighted by Crippen LogP contribution is 2.25. The monoisotopic (exact) mass is 435 g/mol. The topological polar surface area (TPSA) is 68.5 Å². The van der Waals surface area contributed by atoms with Crippen molar-refractivity contribution in [3.63, 3.8) is 0 Å². The van der Waals surface area contributed by atoms with Crippen molar-refractivity contribution < 1.29 is 18.7 Å². The Kier molecular flexibility index (Phi) is 4.84. The largest absolute Gasteiger partial charge is 0.450 e. The number of aryl methyl sites for hydroxylation is 1. The summed E-state index contributed by atoms with van der Waals surface area (Å²) in [6.07, 6.45) is 0. The van der Waals surface area contributed by atoms with Gasteiger partial charge in [0.25, 0.3) is 5.91 Å². The van der Waals surface area contributed by atoms with Crippen LogP contribution in [0.15, 0.2) is 52.9 Å². The number of hydrogen-bond donors (Lipinski definition) is 1. The molecule has 0 atom stereocenters. The lowest BCUT2D eigenvalue weighted by atomic mass is 10.1. The second-order valence-corrected chi connectivity index (χ2v) is 6.32. The number of nitrogens with one attached hydrogen (secondary N) is 1. The fourth-order valence-corrected chi connectivity index (χ4v) is 2.84. The maximum atomic E-state index is 12.2. The van der Waals surface area contributed by atoms with E-state index in [-0.39, 0.29) is 12.4 Å². The maximum absolute atomic E-state index is 12.2. The van der Waals surface area contributed by atoms with Gasteiger partial charge >= 0.3 is 5.97 Å². The average Bonchev–Trinajstić information content (AvgIpc) is 2.92. The minimum atomic E-state index is -0.651. The van der Waals surface area contributed by atoms with Gasteiger partial charge in [-0.2, -0.15) is 0 Å². The van der Waals surface area contributed by atoms with E-state index in [1.165, 1.54) is 0 Å². The van der Waals surface area contributed by atoms with Crippen molar-refractivity contribution in [3.8, 4) is 0 Å². The molecule has 0 fully saturated rings. The number of ether oxygens (including phenoxy) is 1. The second kappa shape index (κ2) is 7.04. The fraction of sp³-hybridized carbons (Fsp3) is 0.111. The van der Waals surface area contributed by atoms with Crippen LogP contribution in [-0.2, 0) is 9.53 Å². The molecule has 0 saturated carbocycles. The van der Waals surface area contributed by atoms with E-state index in [2.05, 4.69) is 27.9 Å². The molecule has 0 saturated heterocycles. The number of anilines is 1. The Morgan fingerprint density at radius 1 is 1.12 bits per heavy atom. The molecule has 3 aromatic rings. The number of fused-ring (bicyclic) bond motifs is 1. The lowest BCUT2D eigenvalue weighted by Gasteiger charge is -2.07. The first-order valence-electron chi connectivity index (χ1n) is 7.26. The van der Waals surface area contributed by atoms with E-state index in [1.807, 2.05) is 36.4 Å². The molecule has 1 N–H and O–H groups in total. The van der Waals surface area contributed by atoms with Gasteiger partial charge in [-0.05, 0) is 47.7 Å². The van der Waals surface area contributed by atoms with Crippen molar-refractivity contribution in [3.05, 3.63) is 63.4 Å². The number of para-hydroxylation sites is 2. The third kappa shape index (κ3) is 3.43. The molecule has 6 heteroatoms. The zero-order chi connectivity index (χ0) is 17.1. The van der Waals surface area contributed by atoms with E-state index in [0.717, 1.165) is 8.96 Å². The van der Waals surface area contributed by atoms with Gasteiger partial charge in [0.1, 0.15) is 5.58 Å². The van der Waals surface area contributed by atoms with Crippen molar-refractivity contribution in [2.75, 3.05) is 11.9 Å². The summed E-state index contributed by atoms with van der Waals surface area (Å²) in [6.45, 7) is 1.41. The Balaban J connectivity index is 1.65. The SMILES string of the molecule is Cc1c(C(=O)OCC(=O)Nc2ccccc2I)oc2ccccc12. The molecule has 24 heavy (non-hydrogen) atoms. The van der Waals surface area contributed by atoms with E-state index in [0.29, 0.717) is 16.8 Å². The Labute approximate surface area is 152 Å². The number of halogens is 1. The predicted molar refractivity (Wildman–Crippen MR) is 99.0 cm³/mol. The average molecular weight is 435 g/mol. The first-order valence-corrected chi connectivity index (χ1v) is 8.34. The van der Waals surface area contributed by atoms with E-state index in [4.69, 9.17) is 9.15 Å². The molecule has 2 aromatic carbocycles. The first kappa shape index (κ1) is 16.5. The molecular weight excluding hydrogens is 421 g/mol. The summed E-state index contributed by atoms with van der Waals surface area (Å²) in [7, 11) is 0. The molecule has 0 aliphatic heterocycles. The van der Waals surface area contributed by atoms with Crippen LogP contribution in [0.3, 0.4) is 0 Å². The molecule has 1 aromatic heterocycles. The number of carbonyl (C=O) groups excluding carboxylic acids is 2. The van der Waals surface area contributed by atoms with Gasteiger partial charge in [0.15, 0.2) is 6.61 Å². The van der Waals surface area contributed by atoms with Crippen LogP contribution in [0.1, 0.15) is 16.1 Å². The highest BCUT2D eigenvalue weighted by atomic mass is 127.